The standard InChI is InChI=1S/C8H20N4/c1-2-3-12-8(9)7-6-10-4-5-11-7/h7-8,10-12H,2-6,9H2,1H3. The molecule has 1 fully saturated rings. The lowest BCUT2D eigenvalue weighted by atomic mass is 10.2. The average Bonchev–Trinajstić information content (AvgIpc) is 2.15. The molecule has 72 valence electrons. The molecule has 0 bridgehead atoms. The zero-order valence-corrected chi connectivity index (χ0v) is 7.77. The van der Waals surface area contributed by atoms with Crippen molar-refractivity contribution in [3.8, 4) is 0 Å². The highest BCUT2D eigenvalue weighted by Gasteiger charge is 2.18. The predicted octanol–water partition coefficient (Wildman–Crippen LogP) is -1.17. The summed E-state index contributed by atoms with van der Waals surface area (Å²) in [5.74, 6) is 0. The maximum absolute atomic E-state index is 5.92. The molecule has 4 heteroatoms. The fraction of sp³-hybridized carbons (Fsp3) is 1.00. The number of hydrogen-bond acceptors (Lipinski definition) is 4. The number of nitrogens with one attached hydrogen (secondary N) is 3. The van der Waals surface area contributed by atoms with E-state index in [-0.39, 0.29) is 6.17 Å². The lowest BCUT2D eigenvalue weighted by Crippen LogP contribution is -2.61. The van der Waals surface area contributed by atoms with E-state index in [0.717, 1.165) is 32.6 Å². The second kappa shape index (κ2) is 5.48. The van der Waals surface area contributed by atoms with Gasteiger partial charge in [0.15, 0.2) is 0 Å². The van der Waals surface area contributed by atoms with Crippen LogP contribution in [-0.4, -0.2) is 38.4 Å². The van der Waals surface area contributed by atoms with Crippen molar-refractivity contribution in [2.75, 3.05) is 26.2 Å². The largest absolute Gasteiger partial charge is 0.315 e. The van der Waals surface area contributed by atoms with Crippen LogP contribution in [0.1, 0.15) is 13.3 Å². The van der Waals surface area contributed by atoms with E-state index in [1.54, 1.807) is 0 Å². The molecule has 1 rings (SSSR count). The first-order chi connectivity index (χ1) is 5.84. The van der Waals surface area contributed by atoms with Gasteiger partial charge in [-0.15, -0.1) is 0 Å². The topological polar surface area (TPSA) is 62.1 Å². The zero-order valence-electron chi connectivity index (χ0n) is 7.77. The first-order valence-electron chi connectivity index (χ1n) is 4.77. The number of piperazine rings is 1. The van der Waals surface area contributed by atoms with Crippen LogP contribution < -0.4 is 21.7 Å². The average molecular weight is 172 g/mol. The molecule has 0 aromatic rings. The summed E-state index contributed by atoms with van der Waals surface area (Å²) >= 11 is 0. The van der Waals surface area contributed by atoms with E-state index < -0.39 is 0 Å². The Hall–Kier alpha value is -0.160. The Morgan fingerprint density at radius 1 is 1.58 bits per heavy atom. The molecule has 2 atom stereocenters. The molecule has 0 saturated carbocycles. The van der Waals surface area contributed by atoms with Gasteiger partial charge in [0.25, 0.3) is 0 Å². The fourth-order valence-corrected chi connectivity index (χ4v) is 1.38. The Labute approximate surface area is 74.3 Å². The van der Waals surface area contributed by atoms with Crippen molar-refractivity contribution < 1.29 is 0 Å². The van der Waals surface area contributed by atoms with Crippen LogP contribution in [0.15, 0.2) is 0 Å². The second-order valence-corrected chi connectivity index (χ2v) is 3.24. The summed E-state index contributed by atoms with van der Waals surface area (Å²) in [4.78, 5) is 0. The molecule has 2 unspecified atom stereocenters. The minimum absolute atomic E-state index is 0.0812. The maximum Gasteiger partial charge on any atom is 0.0717 e. The van der Waals surface area contributed by atoms with Crippen molar-refractivity contribution in [2.45, 2.75) is 25.6 Å². The highest BCUT2D eigenvalue weighted by molar-refractivity contribution is 4.83. The molecule has 1 heterocycles. The molecule has 0 radical (unpaired) electrons. The predicted molar refractivity (Wildman–Crippen MR) is 50.9 cm³/mol. The highest BCUT2D eigenvalue weighted by atomic mass is 15.1. The molecule has 1 aliphatic rings. The Morgan fingerprint density at radius 2 is 2.42 bits per heavy atom. The molecule has 0 aromatic carbocycles. The summed E-state index contributed by atoms with van der Waals surface area (Å²) in [6.45, 7) is 6.19. The number of nitrogens with two attached hydrogens (primary N) is 1. The normalized spacial score (nSPS) is 27.0. The van der Waals surface area contributed by atoms with E-state index >= 15 is 0 Å². The van der Waals surface area contributed by atoms with Crippen LogP contribution in [0.25, 0.3) is 0 Å². The van der Waals surface area contributed by atoms with Gasteiger partial charge in [-0.3, -0.25) is 0 Å². The van der Waals surface area contributed by atoms with E-state index in [4.69, 9.17) is 5.73 Å². The zero-order chi connectivity index (χ0) is 8.81. The van der Waals surface area contributed by atoms with Crippen LogP contribution in [0.5, 0.6) is 0 Å². The molecular weight excluding hydrogens is 152 g/mol. The van der Waals surface area contributed by atoms with Crippen LogP contribution in [-0.2, 0) is 0 Å². The van der Waals surface area contributed by atoms with Gasteiger partial charge < -0.3 is 21.7 Å². The molecule has 5 N–H and O–H groups in total. The Morgan fingerprint density at radius 3 is 3.00 bits per heavy atom. The van der Waals surface area contributed by atoms with Gasteiger partial charge in [0.2, 0.25) is 0 Å². The Balaban J connectivity index is 2.15. The molecule has 0 spiro atoms. The molecule has 12 heavy (non-hydrogen) atoms. The first kappa shape index (κ1) is 9.92. The van der Waals surface area contributed by atoms with Gasteiger partial charge in [-0.25, -0.2) is 0 Å². The minimum atomic E-state index is 0.0812. The van der Waals surface area contributed by atoms with E-state index in [0.29, 0.717) is 6.04 Å². The third kappa shape index (κ3) is 3.06. The lowest BCUT2D eigenvalue weighted by Gasteiger charge is -2.29. The van der Waals surface area contributed by atoms with Gasteiger partial charge in [0.1, 0.15) is 0 Å². The fourth-order valence-electron chi connectivity index (χ4n) is 1.38. The molecule has 4 nitrogen and oxygen atoms in total. The van der Waals surface area contributed by atoms with Gasteiger partial charge >= 0.3 is 0 Å². The van der Waals surface area contributed by atoms with Gasteiger partial charge in [-0.2, -0.15) is 0 Å². The van der Waals surface area contributed by atoms with Gasteiger partial charge in [0.05, 0.1) is 6.17 Å². The van der Waals surface area contributed by atoms with Gasteiger partial charge in [-0.05, 0) is 13.0 Å². The smallest absolute Gasteiger partial charge is 0.0717 e. The molecule has 0 aliphatic carbocycles. The summed E-state index contributed by atoms with van der Waals surface area (Å²) in [7, 11) is 0. The van der Waals surface area contributed by atoms with E-state index in [1.807, 2.05) is 0 Å². The Kier molecular flexibility index (Phi) is 4.53. The molecule has 1 aliphatic heterocycles. The summed E-state index contributed by atoms with van der Waals surface area (Å²) in [5.41, 5.74) is 5.92. The van der Waals surface area contributed by atoms with Crippen LogP contribution >= 0.6 is 0 Å². The summed E-state index contributed by atoms with van der Waals surface area (Å²) < 4.78 is 0. The summed E-state index contributed by atoms with van der Waals surface area (Å²) in [5, 5.41) is 9.96. The minimum Gasteiger partial charge on any atom is -0.315 e. The highest BCUT2D eigenvalue weighted by Crippen LogP contribution is 1.90. The number of hydrogen-bond donors (Lipinski definition) is 4. The quantitative estimate of drug-likeness (QED) is 0.404. The monoisotopic (exact) mass is 172 g/mol. The van der Waals surface area contributed by atoms with Crippen molar-refractivity contribution in [1.29, 1.82) is 0 Å². The van der Waals surface area contributed by atoms with Crippen molar-refractivity contribution in [1.82, 2.24) is 16.0 Å². The third-order valence-electron chi connectivity index (χ3n) is 2.14. The summed E-state index contributed by atoms with van der Waals surface area (Å²) in [6.07, 6.45) is 1.21. The van der Waals surface area contributed by atoms with Gasteiger partial charge in [-0.1, -0.05) is 6.92 Å². The summed E-state index contributed by atoms with van der Waals surface area (Å²) in [6, 6.07) is 0.380. The second-order valence-electron chi connectivity index (χ2n) is 3.24. The maximum atomic E-state index is 5.92. The van der Waals surface area contributed by atoms with E-state index in [1.165, 1.54) is 0 Å². The van der Waals surface area contributed by atoms with Crippen molar-refractivity contribution >= 4 is 0 Å². The number of rotatable bonds is 4. The SMILES string of the molecule is CCCNC(N)C1CNCCN1. The molecular formula is C8H20N4. The van der Waals surface area contributed by atoms with Crippen LogP contribution in [0.4, 0.5) is 0 Å². The lowest BCUT2D eigenvalue weighted by molar-refractivity contribution is 0.330. The molecule has 0 amide bonds. The van der Waals surface area contributed by atoms with E-state index in [9.17, 15) is 0 Å². The van der Waals surface area contributed by atoms with Crippen LogP contribution in [0, 0.1) is 0 Å². The first-order valence-corrected chi connectivity index (χ1v) is 4.77. The molecule has 0 aromatic heterocycles. The van der Waals surface area contributed by atoms with Crippen molar-refractivity contribution in [2.24, 2.45) is 5.73 Å². The van der Waals surface area contributed by atoms with Crippen LogP contribution in [0.2, 0.25) is 0 Å². The van der Waals surface area contributed by atoms with Crippen LogP contribution in [0.3, 0.4) is 0 Å². The van der Waals surface area contributed by atoms with Crippen molar-refractivity contribution in [3.63, 3.8) is 0 Å². The van der Waals surface area contributed by atoms with Gasteiger partial charge in [0, 0.05) is 25.7 Å². The van der Waals surface area contributed by atoms with E-state index in [2.05, 4.69) is 22.9 Å². The Bertz CT molecular complexity index is 112. The van der Waals surface area contributed by atoms with Crippen molar-refractivity contribution in [3.05, 3.63) is 0 Å². The third-order valence-corrected chi connectivity index (χ3v) is 2.14. The molecule has 1 saturated heterocycles.